The van der Waals surface area contributed by atoms with E-state index >= 15 is 0 Å². The monoisotopic (exact) mass is 315 g/mol. The Balaban J connectivity index is 3.19. The van der Waals surface area contributed by atoms with Gasteiger partial charge in [0.15, 0.2) is 0 Å². The smallest absolute Gasteiger partial charge is 0.338 e. The van der Waals surface area contributed by atoms with E-state index in [-0.39, 0.29) is 6.04 Å². The molecule has 100 valence electrons. The molecular formula is C13H18BrNO3. The van der Waals surface area contributed by atoms with Gasteiger partial charge in [-0.3, -0.25) is 0 Å². The fraction of sp³-hybridized carbons (Fsp3) is 0.462. The Kier molecular flexibility index (Phi) is 5.62. The maximum Gasteiger partial charge on any atom is 0.338 e. The zero-order valence-corrected chi connectivity index (χ0v) is 12.4. The number of aromatic carboxylic acids is 1. The molecule has 0 saturated heterocycles. The number of carboxylic acid groups (broad SMARTS) is 1. The Morgan fingerprint density at radius 1 is 1.50 bits per heavy atom. The molecule has 1 aromatic carbocycles. The maximum absolute atomic E-state index is 11.4. The standard InChI is InChI=1S/C13H18BrNO3/c1-9(2)15(7-8-18-3)11-6-4-5-10(14)12(11)13(16)17/h4-6,9H,7-8H2,1-3H3,(H,16,17). The highest BCUT2D eigenvalue weighted by atomic mass is 79.9. The van der Waals surface area contributed by atoms with Crippen LogP contribution >= 0.6 is 15.9 Å². The molecule has 0 bridgehead atoms. The topological polar surface area (TPSA) is 49.8 Å². The second kappa shape index (κ2) is 6.75. The first-order valence-electron chi connectivity index (χ1n) is 5.76. The second-order valence-electron chi connectivity index (χ2n) is 4.22. The van der Waals surface area contributed by atoms with Crippen LogP contribution in [0.3, 0.4) is 0 Å². The molecule has 0 amide bonds. The molecule has 0 radical (unpaired) electrons. The lowest BCUT2D eigenvalue weighted by atomic mass is 10.1. The summed E-state index contributed by atoms with van der Waals surface area (Å²) in [4.78, 5) is 13.4. The molecule has 18 heavy (non-hydrogen) atoms. The fourth-order valence-electron chi connectivity index (χ4n) is 1.81. The Morgan fingerprint density at radius 3 is 2.67 bits per heavy atom. The van der Waals surface area contributed by atoms with Crippen LogP contribution in [0.1, 0.15) is 24.2 Å². The van der Waals surface area contributed by atoms with Gasteiger partial charge < -0.3 is 14.7 Å². The molecule has 1 N–H and O–H groups in total. The van der Waals surface area contributed by atoms with Gasteiger partial charge in [-0.15, -0.1) is 0 Å². The van der Waals surface area contributed by atoms with Crippen LogP contribution < -0.4 is 4.90 Å². The molecule has 0 aliphatic carbocycles. The lowest BCUT2D eigenvalue weighted by Gasteiger charge is -2.30. The van der Waals surface area contributed by atoms with Crippen LogP contribution in [0, 0.1) is 0 Å². The predicted molar refractivity (Wildman–Crippen MR) is 75.5 cm³/mol. The zero-order chi connectivity index (χ0) is 13.7. The van der Waals surface area contributed by atoms with Crippen molar-refractivity contribution in [3.05, 3.63) is 28.2 Å². The highest BCUT2D eigenvalue weighted by molar-refractivity contribution is 9.10. The van der Waals surface area contributed by atoms with Gasteiger partial charge in [-0.25, -0.2) is 4.79 Å². The van der Waals surface area contributed by atoms with Crippen molar-refractivity contribution in [3.8, 4) is 0 Å². The van der Waals surface area contributed by atoms with Crippen LogP contribution in [0.15, 0.2) is 22.7 Å². The maximum atomic E-state index is 11.4. The van der Waals surface area contributed by atoms with Crippen LogP contribution in [0.2, 0.25) is 0 Å². The number of rotatable bonds is 6. The highest BCUT2D eigenvalue weighted by Crippen LogP contribution is 2.29. The summed E-state index contributed by atoms with van der Waals surface area (Å²) >= 11 is 3.29. The molecule has 1 rings (SSSR count). The van der Waals surface area contributed by atoms with Gasteiger partial charge in [-0.2, -0.15) is 0 Å². The minimum absolute atomic E-state index is 0.201. The molecule has 0 aliphatic rings. The van der Waals surface area contributed by atoms with E-state index in [1.165, 1.54) is 0 Å². The fourth-order valence-corrected chi connectivity index (χ4v) is 2.34. The Morgan fingerprint density at radius 2 is 2.17 bits per heavy atom. The summed E-state index contributed by atoms with van der Waals surface area (Å²) < 4.78 is 5.67. The number of nitrogens with zero attached hydrogens (tertiary/aromatic N) is 1. The van der Waals surface area contributed by atoms with Crippen LogP contribution in [-0.4, -0.2) is 37.4 Å². The molecule has 0 unspecified atom stereocenters. The molecule has 0 aliphatic heterocycles. The largest absolute Gasteiger partial charge is 0.478 e. The van der Waals surface area contributed by atoms with Gasteiger partial charge in [-0.05, 0) is 41.9 Å². The van der Waals surface area contributed by atoms with E-state index < -0.39 is 5.97 Å². The Labute approximate surface area is 116 Å². The van der Waals surface area contributed by atoms with Gasteiger partial charge in [0.1, 0.15) is 0 Å². The summed E-state index contributed by atoms with van der Waals surface area (Å²) in [7, 11) is 1.64. The van der Waals surface area contributed by atoms with Crippen LogP contribution in [0.25, 0.3) is 0 Å². The number of methoxy groups -OCH3 is 1. The Hall–Kier alpha value is -1.07. The molecule has 1 aromatic rings. The van der Waals surface area contributed by atoms with E-state index in [9.17, 15) is 9.90 Å². The summed E-state index contributed by atoms with van der Waals surface area (Å²) in [6, 6.07) is 5.60. The van der Waals surface area contributed by atoms with Crippen LogP contribution in [0.4, 0.5) is 5.69 Å². The molecule has 4 nitrogen and oxygen atoms in total. The summed E-state index contributed by atoms with van der Waals surface area (Å²) in [5.41, 5.74) is 1.01. The normalized spacial score (nSPS) is 10.7. The number of hydrogen-bond acceptors (Lipinski definition) is 3. The summed E-state index contributed by atoms with van der Waals surface area (Å²) in [6.45, 7) is 5.28. The van der Waals surface area contributed by atoms with E-state index in [2.05, 4.69) is 15.9 Å². The van der Waals surface area contributed by atoms with Gasteiger partial charge in [0, 0.05) is 24.2 Å². The molecule has 0 aromatic heterocycles. The summed E-state index contributed by atoms with van der Waals surface area (Å²) in [5.74, 6) is -0.930. The number of halogens is 1. The van der Waals surface area contributed by atoms with Crippen molar-refractivity contribution in [2.24, 2.45) is 0 Å². The van der Waals surface area contributed by atoms with Gasteiger partial charge >= 0.3 is 5.97 Å². The molecule has 0 fully saturated rings. The third kappa shape index (κ3) is 3.46. The van der Waals surface area contributed by atoms with E-state index in [1.54, 1.807) is 13.2 Å². The lowest BCUT2D eigenvalue weighted by Crippen LogP contribution is -2.35. The first-order valence-corrected chi connectivity index (χ1v) is 6.55. The van der Waals surface area contributed by atoms with Gasteiger partial charge in [-0.1, -0.05) is 6.07 Å². The van der Waals surface area contributed by atoms with E-state index in [0.29, 0.717) is 28.9 Å². The van der Waals surface area contributed by atoms with Crippen molar-refractivity contribution < 1.29 is 14.6 Å². The minimum atomic E-state index is -0.930. The quantitative estimate of drug-likeness (QED) is 0.876. The van der Waals surface area contributed by atoms with E-state index in [0.717, 1.165) is 0 Å². The lowest BCUT2D eigenvalue weighted by molar-refractivity contribution is 0.0696. The second-order valence-corrected chi connectivity index (χ2v) is 5.07. The van der Waals surface area contributed by atoms with Crippen molar-refractivity contribution in [1.82, 2.24) is 0 Å². The van der Waals surface area contributed by atoms with Crippen molar-refractivity contribution in [2.75, 3.05) is 25.2 Å². The number of carbonyl (C=O) groups is 1. The van der Waals surface area contributed by atoms with Crippen LogP contribution in [0.5, 0.6) is 0 Å². The molecular weight excluding hydrogens is 298 g/mol. The van der Waals surface area contributed by atoms with Crippen molar-refractivity contribution >= 4 is 27.6 Å². The van der Waals surface area contributed by atoms with Gasteiger partial charge in [0.05, 0.1) is 17.9 Å². The van der Waals surface area contributed by atoms with Crippen molar-refractivity contribution in [2.45, 2.75) is 19.9 Å². The van der Waals surface area contributed by atoms with Crippen LogP contribution in [-0.2, 0) is 4.74 Å². The first-order chi connectivity index (χ1) is 8.49. The van der Waals surface area contributed by atoms with Crippen molar-refractivity contribution in [3.63, 3.8) is 0 Å². The third-order valence-corrected chi connectivity index (χ3v) is 3.34. The van der Waals surface area contributed by atoms with Crippen molar-refractivity contribution in [1.29, 1.82) is 0 Å². The average molecular weight is 316 g/mol. The molecule has 0 spiro atoms. The average Bonchev–Trinajstić information content (AvgIpc) is 2.28. The molecule has 0 saturated carbocycles. The number of ether oxygens (including phenoxy) is 1. The third-order valence-electron chi connectivity index (χ3n) is 2.67. The van der Waals surface area contributed by atoms with Gasteiger partial charge in [0.25, 0.3) is 0 Å². The number of anilines is 1. The highest BCUT2D eigenvalue weighted by Gasteiger charge is 2.20. The predicted octanol–water partition coefficient (Wildman–Crippen LogP) is 3.01. The zero-order valence-electron chi connectivity index (χ0n) is 10.8. The number of benzene rings is 1. The SMILES string of the molecule is COCCN(c1cccc(Br)c1C(=O)O)C(C)C. The van der Waals surface area contributed by atoms with Gasteiger partial charge in [0.2, 0.25) is 0 Å². The Bertz CT molecular complexity index is 421. The summed E-state index contributed by atoms with van der Waals surface area (Å²) in [6.07, 6.45) is 0. The first kappa shape index (κ1) is 15.0. The molecule has 0 heterocycles. The minimum Gasteiger partial charge on any atom is -0.478 e. The van der Waals surface area contributed by atoms with E-state index in [4.69, 9.17) is 4.74 Å². The number of hydrogen-bond donors (Lipinski definition) is 1. The molecule has 0 atom stereocenters. The summed E-state index contributed by atoms with van der Waals surface area (Å²) in [5, 5.41) is 9.31. The van der Waals surface area contributed by atoms with E-state index in [1.807, 2.05) is 30.9 Å². The molecule has 5 heteroatoms. The number of carboxylic acids is 1.